The Morgan fingerprint density at radius 2 is 1.71 bits per heavy atom. The summed E-state index contributed by atoms with van der Waals surface area (Å²) in [7, 11) is 0. The molecule has 9 heteroatoms. The topological polar surface area (TPSA) is 116 Å². The van der Waals surface area contributed by atoms with Gasteiger partial charge in [0.15, 0.2) is 0 Å². The van der Waals surface area contributed by atoms with E-state index < -0.39 is 5.91 Å². The van der Waals surface area contributed by atoms with Gasteiger partial charge < -0.3 is 16.0 Å². The molecule has 3 N–H and O–H groups in total. The molecule has 3 rings (SSSR count). The van der Waals surface area contributed by atoms with Crippen molar-refractivity contribution in [1.29, 1.82) is 0 Å². The summed E-state index contributed by atoms with van der Waals surface area (Å²) in [6, 6.07) is 8.89. The fourth-order valence-electron chi connectivity index (χ4n) is 2.80. The van der Waals surface area contributed by atoms with Crippen LogP contribution in [0.25, 0.3) is 0 Å². The van der Waals surface area contributed by atoms with Gasteiger partial charge in [0.25, 0.3) is 0 Å². The zero-order valence-electron chi connectivity index (χ0n) is 15.8. The van der Waals surface area contributed by atoms with Gasteiger partial charge in [-0.05, 0) is 38.1 Å². The number of carbonyl (C=O) groups excluding carboxylic acids is 3. The molecule has 0 atom stereocenters. The molecule has 0 bridgehead atoms. The van der Waals surface area contributed by atoms with Gasteiger partial charge in [0.1, 0.15) is 12.4 Å². The van der Waals surface area contributed by atoms with E-state index in [1.54, 1.807) is 24.3 Å². The number of anilines is 4. The van der Waals surface area contributed by atoms with Crippen molar-refractivity contribution < 1.29 is 14.4 Å². The molecule has 9 nitrogen and oxygen atoms in total. The maximum Gasteiger partial charge on any atom is 0.244 e. The molecule has 1 aromatic heterocycles. The molecule has 1 aliphatic heterocycles. The Kier molecular flexibility index (Phi) is 5.83. The van der Waals surface area contributed by atoms with Crippen LogP contribution in [0.1, 0.15) is 25.5 Å². The number of rotatable bonds is 7. The fourth-order valence-corrected chi connectivity index (χ4v) is 2.80. The van der Waals surface area contributed by atoms with Crippen LogP contribution < -0.4 is 16.0 Å². The fraction of sp³-hybridized carbons (Fsp3) is 0.316. The standard InChI is InChI=1S/C19H22N6O3/c1-3-20-19-21-12(2)10-15(24-19)22-13-4-6-14(7-5-13)23-16(26)11-25-17(27)8-9-18(25)28/h4-7,10H,3,8-9,11H2,1-2H3,(H,23,26)(H2,20,21,22,24). The van der Waals surface area contributed by atoms with Crippen LogP contribution in [0.15, 0.2) is 30.3 Å². The quantitative estimate of drug-likeness (QED) is 0.628. The van der Waals surface area contributed by atoms with Crippen molar-refractivity contribution in [3.8, 4) is 0 Å². The van der Waals surface area contributed by atoms with Crippen LogP contribution in [0.2, 0.25) is 0 Å². The van der Waals surface area contributed by atoms with Crippen LogP contribution in [-0.4, -0.2) is 45.7 Å². The number of nitrogens with zero attached hydrogens (tertiary/aromatic N) is 3. The van der Waals surface area contributed by atoms with E-state index in [-0.39, 0.29) is 31.2 Å². The Morgan fingerprint density at radius 1 is 1.07 bits per heavy atom. The Balaban J connectivity index is 1.60. The van der Waals surface area contributed by atoms with Gasteiger partial charge in [-0.15, -0.1) is 0 Å². The predicted octanol–water partition coefficient (Wildman–Crippen LogP) is 2.05. The molecule has 2 heterocycles. The first-order valence-electron chi connectivity index (χ1n) is 9.04. The highest BCUT2D eigenvalue weighted by molar-refractivity contribution is 6.06. The molecule has 1 fully saturated rings. The normalized spacial score (nSPS) is 13.6. The second-order valence-electron chi connectivity index (χ2n) is 6.37. The van der Waals surface area contributed by atoms with E-state index in [2.05, 4.69) is 25.9 Å². The molecule has 0 saturated carbocycles. The van der Waals surface area contributed by atoms with Crippen LogP contribution in [-0.2, 0) is 14.4 Å². The van der Waals surface area contributed by atoms with Crippen molar-refractivity contribution in [3.05, 3.63) is 36.0 Å². The summed E-state index contributed by atoms with van der Waals surface area (Å²) >= 11 is 0. The lowest BCUT2D eigenvalue weighted by Gasteiger charge is -2.14. The number of nitrogens with one attached hydrogen (secondary N) is 3. The second-order valence-corrected chi connectivity index (χ2v) is 6.37. The van der Waals surface area contributed by atoms with E-state index in [0.29, 0.717) is 17.5 Å². The van der Waals surface area contributed by atoms with E-state index in [4.69, 9.17) is 0 Å². The van der Waals surface area contributed by atoms with Gasteiger partial charge in [-0.2, -0.15) is 4.98 Å². The summed E-state index contributed by atoms with van der Waals surface area (Å²) in [6.45, 7) is 4.33. The van der Waals surface area contributed by atoms with Crippen LogP contribution in [0.5, 0.6) is 0 Å². The molecule has 1 saturated heterocycles. The van der Waals surface area contributed by atoms with Crippen molar-refractivity contribution in [1.82, 2.24) is 14.9 Å². The Morgan fingerprint density at radius 3 is 2.36 bits per heavy atom. The molecular weight excluding hydrogens is 360 g/mol. The van der Waals surface area contributed by atoms with Crippen LogP contribution >= 0.6 is 0 Å². The van der Waals surface area contributed by atoms with E-state index in [0.717, 1.165) is 22.8 Å². The number of aryl methyl sites for hydroxylation is 1. The van der Waals surface area contributed by atoms with E-state index in [9.17, 15) is 14.4 Å². The maximum atomic E-state index is 12.1. The molecule has 0 radical (unpaired) electrons. The lowest BCUT2D eigenvalue weighted by Crippen LogP contribution is -2.36. The molecule has 3 amide bonds. The van der Waals surface area contributed by atoms with Crippen LogP contribution in [0.3, 0.4) is 0 Å². The minimum absolute atomic E-state index is 0.171. The number of aromatic nitrogens is 2. The third kappa shape index (κ3) is 4.81. The number of hydrogen-bond donors (Lipinski definition) is 3. The Labute approximate surface area is 162 Å². The first-order valence-corrected chi connectivity index (χ1v) is 9.04. The van der Waals surface area contributed by atoms with Crippen molar-refractivity contribution in [2.45, 2.75) is 26.7 Å². The summed E-state index contributed by atoms with van der Waals surface area (Å²) in [5.74, 6) is 0.186. The Hall–Kier alpha value is -3.49. The zero-order valence-corrected chi connectivity index (χ0v) is 15.8. The average molecular weight is 382 g/mol. The summed E-state index contributed by atoms with van der Waals surface area (Å²) < 4.78 is 0. The summed E-state index contributed by atoms with van der Waals surface area (Å²) in [5, 5.41) is 8.96. The van der Waals surface area contributed by atoms with Gasteiger partial charge in [-0.1, -0.05) is 0 Å². The van der Waals surface area contributed by atoms with Gasteiger partial charge in [0.2, 0.25) is 23.7 Å². The van der Waals surface area contributed by atoms with Crippen molar-refractivity contribution in [2.75, 3.05) is 29.0 Å². The zero-order chi connectivity index (χ0) is 20.1. The number of amides is 3. The average Bonchev–Trinajstić information content (AvgIpc) is 2.95. The van der Waals surface area contributed by atoms with Gasteiger partial charge in [-0.25, -0.2) is 4.98 Å². The third-order valence-corrected chi connectivity index (χ3v) is 4.09. The SMILES string of the molecule is CCNc1nc(C)cc(Nc2ccc(NC(=O)CN3C(=O)CCC3=O)cc2)n1. The molecule has 0 spiro atoms. The van der Waals surface area contributed by atoms with Crippen LogP contribution in [0.4, 0.5) is 23.1 Å². The predicted molar refractivity (Wildman–Crippen MR) is 105 cm³/mol. The monoisotopic (exact) mass is 382 g/mol. The second kappa shape index (κ2) is 8.47. The van der Waals surface area contributed by atoms with E-state index >= 15 is 0 Å². The van der Waals surface area contributed by atoms with Gasteiger partial charge >= 0.3 is 0 Å². The van der Waals surface area contributed by atoms with Crippen molar-refractivity contribution in [2.24, 2.45) is 0 Å². The summed E-state index contributed by atoms with van der Waals surface area (Å²) in [4.78, 5) is 44.9. The Bertz CT molecular complexity index is 881. The van der Waals surface area contributed by atoms with Gasteiger partial charge in [-0.3, -0.25) is 19.3 Å². The van der Waals surface area contributed by atoms with Crippen molar-refractivity contribution in [3.63, 3.8) is 0 Å². The molecule has 146 valence electrons. The largest absolute Gasteiger partial charge is 0.354 e. The number of likely N-dealkylation sites (tertiary alicyclic amines) is 1. The third-order valence-electron chi connectivity index (χ3n) is 4.09. The molecule has 0 aliphatic carbocycles. The van der Waals surface area contributed by atoms with Crippen molar-refractivity contribution >= 4 is 40.9 Å². The number of carbonyl (C=O) groups is 3. The minimum atomic E-state index is -0.411. The number of benzene rings is 1. The molecule has 1 aromatic carbocycles. The first kappa shape index (κ1) is 19.3. The van der Waals surface area contributed by atoms with E-state index in [1.165, 1.54) is 0 Å². The van der Waals surface area contributed by atoms with Gasteiger partial charge in [0, 0.05) is 42.5 Å². The minimum Gasteiger partial charge on any atom is -0.354 e. The van der Waals surface area contributed by atoms with Gasteiger partial charge in [0.05, 0.1) is 0 Å². The molecule has 2 aromatic rings. The lowest BCUT2D eigenvalue weighted by atomic mass is 10.2. The summed E-state index contributed by atoms with van der Waals surface area (Å²) in [5.41, 5.74) is 2.20. The highest BCUT2D eigenvalue weighted by Crippen LogP contribution is 2.19. The highest BCUT2D eigenvalue weighted by Gasteiger charge is 2.30. The first-order chi connectivity index (χ1) is 13.4. The molecule has 0 unspecified atom stereocenters. The van der Waals surface area contributed by atoms with Crippen LogP contribution in [0, 0.1) is 6.92 Å². The summed E-state index contributed by atoms with van der Waals surface area (Å²) in [6.07, 6.45) is 0.342. The molecule has 1 aliphatic rings. The molecule has 28 heavy (non-hydrogen) atoms. The highest BCUT2D eigenvalue weighted by atomic mass is 16.2. The maximum absolute atomic E-state index is 12.1. The number of imide groups is 1. The lowest BCUT2D eigenvalue weighted by molar-refractivity contribution is -0.141. The smallest absolute Gasteiger partial charge is 0.244 e. The number of hydrogen-bond acceptors (Lipinski definition) is 7. The van der Waals surface area contributed by atoms with E-state index in [1.807, 2.05) is 19.9 Å². The molecular formula is C19H22N6O3.